The van der Waals surface area contributed by atoms with E-state index in [1.165, 1.54) is 33.4 Å². The Labute approximate surface area is 163 Å². The van der Waals surface area contributed by atoms with Crippen molar-refractivity contribution in [2.75, 3.05) is 0 Å². The summed E-state index contributed by atoms with van der Waals surface area (Å²) in [6, 6.07) is 9.58. The van der Waals surface area contributed by atoms with E-state index in [0.29, 0.717) is 0 Å². The molecule has 0 spiro atoms. The summed E-state index contributed by atoms with van der Waals surface area (Å²) in [4.78, 5) is 0. The Morgan fingerprint density at radius 1 is 0.600 bits per heavy atom. The van der Waals surface area contributed by atoms with Gasteiger partial charge in [0.1, 0.15) is 0 Å². The summed E-state index contributed by atoms with van der Waals surface area (Å²) in [5.41, 5.74) is 15.2. The first-order valence-corrected chi connectivity index (χ1v) is 12.0. The minimum atomic E-state index is -0.693. The van der Waals surface area contributed by atoms with Gasteiger partial charge in [-0.2, -0.15) is 0 Å². The van der Waals surface area contributed by atoms with Crippen molar-refractivity contribution in [1.82, 2.24) is 0 Å². The molecular weight excluding hydrogens is 379 g/mol. The number of allylic oxidation sites excluding steroid dienone is 2. The van der Waals surface area contributed by atoms with Crippen LogP contribution in [-0.4, -0.2) is 0 Å². The molecule has 126 valence electrons. The zero-order chi connectivity index (χ0) is 17.9. The Morgan fingerprint density at radius 3 is 1.40 bits per heavy atom. The van der Waals surface area contributed by atoms with Gasteiger partial charge in [0.15, 0.2) is 0 Å². The van der Waals surface area contributed by atoms with Crippen LogP contribution in [0.5, 0.6) is 0 Å². The van der Waals surface area contributed by atoms with Gasteiger partial charge in [-0.05, 0) is 0 Å². The van der Waals surface area contributed by atoms with E-state index in [9.17, 15) is 0 Å². The van der Waals surface area contributed by atoms with Gasteiger partial charge in [0, 0.05) is 0 Å². The number of aryl methyl sites for hydroxylation is 4. The first-order chi connectivity index (χ1) is 11.8. The van der Waals surface area contributed by atoms with Crippen LogP contribution in [-0.2, 0) is 23.2 Å². The van der Waals surface area contributed by atoms with E-state index < -0.39 is 23.2 Å². The molecule has 0 amide bonds. The Hall–Kier alpha value is -1.20. The molecule has 0 radical (unpaired) electrons. The van der Waals surface area contributed by atoms with Crippen LogP contribution in [0.2, 0.25) is 0 Å². The molecule has 2 aliphatic rings. The van der Waals surface area contributed by atoms with Crippen molar-refractivity contribution in [3.05, 3.63) is 79.9 Å². The maximum absolute atomic E-state index is 2.46. The molecule has 2 atom stereocenters. The summed E-state index contributed by atoms with van der Waals surface area (Å²) >= 11 is -0.693. The topological polar surface area (TPSA) is 0 Å². The van der Waals surface area contributed by atoms with Gasteiger partial charge in [-0.1, -0.05) is 0 Å². The predicted molar refractivity (Wildman–Crippen MR) is 105 cm³/mol. The van der Waals surface area contributed by atoms with Gasteiger partial charge < -0.3 is 0 Å². The summed E-state index contributed by atoms with van der Waals surface area (Å²) in [5.74, 6) is 0. The summed E-state index contributed by atoms with van der Waals surface area (Å²) in [6.45, 7) is 13.7. The number of hydrogen-bond acceptors (Lipinski definition) is 0. The summed E-state index contributed by atoms with van der Waals surface area (Å²) < 4.78 is 1.44. The van der Waals surface area contributed by atoms with Crippen molar-refractivity contribution in [2.24, 2.45) is 0 Å². The van der Waals surface area contributed by atoms with E-state index in [4.69, 9.17) is 0 Å². The van der Waals surface area contributed by atoms with Gasteiger partial charge in [0.2, 0.25) is 0 Å². The third kappa shape index (κ3) is 2.85. The van der Waals surface area contributed by atoms with Crippen molar-refractivity contribution < 1.29 is 23.2 Å². The molecule has 4 rings (SSSR count). The Bertz CT molecular complexity index is 866. The maximum atomic E-state index is 2.46. The zero-order valence-corrected chi connectivity index (χ0v) is 18.6. The summed E-state index contributed by atoms with van der Waals surface area (Å²) in [7, 11) is 0. The molecule has 0 N–H and O–H groups in total. The number of benzene rings is 2. The van der Waals surface area contributed by atoms with Gasteiger partial charge >= 0.3 is 164 Å². The molecular formula is C24H26Zr. The van der Waals surface area contributed by atoms with E-state index in [2.05, 4.69) is 78.0 Å². The van der Waals surface area contributed by atoms with E-state index in [1.807, 2.05) is 0 Å². The van der Waals surface area contributed by atoms with Crippen LogP contribution in [0.15, 0.2) is 35.4 Å². The molecule has 0 saturated carbocycles. The van der Waals surface area contributed by atoms with Crippen LogP contribution in [0.4, 0.5) is 0 Å². The molecule has 0 aliphatic heterocycles. The minimum absolute atomic E-state index is 0.693. The number of fused-ring (bicyclic) bond motifs is 2. The molecule has 2 aliphatic carbocycles. The van der Waals surface area contributed by atoms with Gasteiger partial charge in [0.05, 0.1) is 0 Å². The SMILES string of the molecule is CC1=Cc2c(C)cc(C)cc2[CH]1[Zr][CH]1C(C)=Cc2c(C)cc(C)cc21. The summed E-state index contributed by atoms with van der Waals surface area (Å²) in [6.07, 6.45) is 4.93. The van der Waals surface area contributed by atoms with Crippen LogP contribution in [0.25, 0.3) is 12.2 Å². The van der Waals surface area contributed by atoms with E-state index in [0.717, 1.165) is 7.25 Å². The van der Waals surface area contributed by atoms with Crippen LogP contribution in [0.3, 0.4) is 0 Å². The van der Waals surface area contributed by atoms with Crippen molar-refractivity contribution >= 4 is 12.2 Å². The first kappa shape index (κ1) is 17.2. The summed E-state index contributed by atoms with van der Waals surface area (Å²) in [5, 5.41) is 0. The normalized spacial score (nSPS) is 20.9. The molecule has 0 aromatic heterocycles. The van der Waals surface area contributed by atoms with Crippen molar-refractivity contribution in [1.29, 1.82) is 0 Å². The molecule has 0 nitrogen and oxygen atoms in total. The van der Waals surface area contributed by atoms with Crippen molar-refractivity contribution in [2.45, 2.75) is 48.8 Å². The van der Waals surface area contributed by atoms with Crippen LogP contribution >= 0.6 is 0 Å². The molecule has 2 unspecified atom stereocenters. The van der Waals surface area contributed by atoms with E-state index in [1.54, 1.807) is 22.3 Å². The molecule has 0 bridgehead atoms. The van der Waals surface area contributed by atoms with Crippen molar-refractivity contribution in [3.63, 3.8) is 0 Å². The first-order valence-electron chi connectivity index (χ1n) is 9.20. The Balaban J connectivity index is 1.75. The average molecular weight is 406 g/mol. The molecule has 0 heterocycles. The molecule has 0 saturated heterocycles. The molecule has 0 fully saturated rings. The number of hydrogen-bond donors (Lipinski definition) is 0. The van der Waals surface area contributed by atoms with Gasteiger partial charge in [0.25, 0.3) is 0 Å². The monoisotopic (exact) mass is 404 g/mol. The average Bonchev–Trinajstić information content (AvgIpc) is 3.00. The van der Waals surface area contributed by atoms with Crippen LogP contribution in [0.1, 0.15) is 65.6 Å². The third-order valence-electron chi connectivity index (χ3n) is 5.74. The second kappa shape index (κ2) is 6.20. The third-order valence-corrected chi connectivity index (χ3v) is 11.1. The standard InChI is InChI=1S/2C12H13.Zr/c2*1-8-4-10(3)12-7-9(2)6-11(12)5-8;/h2*4-7H,1-3H3;. The van der Waals surface area contributed by atoms with E-state index in [-0.39, 0.29) is 0 Å². The fourth-order valence-electron chi connectivity index (χ4n) is 4.62. The van der Waals surface area contributed by atoms with Gasteiger partial charge in [-0.3, -0.25) is 0 Å². The second-order valence-corrected chi connectivity index (χ2v) is 11.6. The quantitative estimate of drug-likeness (QED) is 0.527. The van der Waals surface area contributed by atoms with Crippen molar-refractivity contribution in [3.8, 4) is 0 Å². The number of rotatable bonds is 2. The zero-order valence-electron chi connectivity index (χ0n) is 16.1. The Kier molecular flexibility index (Phi) is 4.27. The fraction of sp³-hybridized carbons (Fsp3) is 0.333. The van der Waals surface area contributed by atoms with E-state index >= 15 is 0 Å². The van der Waals surface area contributed by atoms with Gasteiger partial charge in [-0.15, -0.1) is 0 Å². The van der Waals surface area contributed by atoms with Crippen LogP contribution in [0, 0.1) is 27.7 Å². The van der Waals surface area contributed by atoms with Crippen LogP contribution < -0.4 is 0 Å². The van der Waals surface area contributed by atoms with Gasteiger partial charge in [-0.25, -0.2) is 0 Å². The molecule has 25 heavy (non-hydrogen) atoms. The predicted octanol–water partition coefficient (Wildman–Crippen LogP) is 6.62. The fourth-order valence-corrected chi connectivity index (χ4v) is 9.20. The molecule has 1 heteroatoms. The second-order valence-electron chi connectivity index (χ2n) is 7.98. The molecule has 2 aromatic rings. The molecule has 2 aromatic carbocycles. The Morgan fingerprint density at radius 2 is 1.00 bits per heavy atom.